The second-order valence-electron chi connectivity index (χ2n) is 10.00. The van der Waals surface area contributed by atoms with Crippen LogP contribution < -0.4 is 9.64 Å². The van der Waals surface area contributed by atoms with Gasteiger partial charge in [-0.1, -0.05) is 18.2 Å². The number of carbonyl (C=O) groups is 1. The Morgan fingerprint density at radius 3 is 2.87 bits per heavy atom. The average Bonchev–Trinajstić information content (AvgIpc) is 3.30. The summed E-state index contributed by atoms with van der Waals surface area (Å²) in [6, 6.07) is 5.77. The van der Waals surface area contributed by atoms with Crippen LogP contribution in [0.25, 0.3) is 11.0 Å². The lowest BCUT2D eigenvalue weighted by atomic mass is 9.98. The zero-order chi connectivity index (χ0) is 26.1. The fourth-order valence-electron chi connectivity index (χ4n) is 5.29. The number of carbonyl (C=O) groups excluding carboxylic acids is 1. The van der Waals surface area contributed by atoms with Gasteiger partial charge in [0.05, 0.1) is 24.9 Å². The highest BCUT2D eigenvalue weighted by Crippen LogP contribution is 2.32. The fraction of sp³-hybridized carbons (Fsp3) is 0.393. The molecule has 2 aromatic heterocycles. The number of aromatic nitrogens is 2. The lowest BCUT2D eigenvalue weighted by molar-refractivity contribution is 0.104. The van der Waals surface area contributed by atoms with Gasteiger partial charge in [-0.15, -0.1) is 0 Å². The van der Waals surface area contributed by atoms with Crippen LogP contribution in [0.4, 0.5) is 10.5 Å². The number of allylic oxidation sites excluding steroid dienone is 4. The molecule has 2 fully saturated rings. The van der Waals surface area contributed by atoms with Gasteiger partial charge in [-0.25, -0.2) is 14.7 Å². The van der Waals surface area contributed by atoms with Crippen molar-refractivity contribution < 1.29 is 23.7 Å². The van der Waals surface area contributed by atoms with Gasteiger partial charge in [0.1, 0.15) is 17.9 Å². The number of hydrogen-bond acceptors (Lipinski definition) is 9. The number of anilines is 1. The number of cyclic esters (lactones) is 1. The molecule has 5 heterocycles. The molecule has 10 nitrogen and oxygen atoms in total. The normalized spacial score (nSPS) is 21.4. The molecule has 1 atom stereocenters. The van der Waals surface area contributed by atoms with Gasteiger partial charge < -0.3 is 28.7 Å². The van der Waals surface area contributed by atoms with Crippen LogP contribution in [0.3, 0.4) is 0 Å². The third-order valence-corrected chi connectivity index (χ3v) is 7.16. The molecule has 4 aliphatic rings. The molecule has 0 aromatic carbocycles. The predicted octanol–water partition coefficient (Wildman–Crippen LogP) is 3.79. The van der Waals surface area contributed by atoms with Crippen molar-refractivity contribution in [3.8, 4) is 5.88 Å². The Bertz CT molecular complexity index is 1350. The zero-order valence-corrected chi connectivity index (χ0v) is 21.6. The molecule has 3 aliphatic heterocycles. The highest BCUT2D eigenvalue weighted by Gasteiger charge is 2.37. The summed E-state index contributed by atoms with van der Waals surface area (Å²) in [6.07, 6.45) is 12.1. The molecule has 0 bridgehead atoms. The van der Waals surface area contributed by atoms with Gasteiger partial charge in [-0.3, -0.25) is 4.98 Å². The number of rotatable bonds is 8. The van der Waals surface area contributed by atoms with Crippen molar-refractivity contribution in [2.24, 2.45) is 5.92 Å². The molecule has 1 amide bonds. The largest absolute Gasteiger partial charge is 0.481 e. The van der Waals surface area contributed by atoms with E-state index < -0.39 is 6.09 Å². The van der Waals surface area contributed by atoms with E-state index in [9.17, 15) is 4.79 Å². The number of methoxy groups -OCH3 is 1. The first kappa shape index (κ1) is 24.3. The molecule has 6 rings (SSSR count). The van der Waals surface area contributed by atoms with Crippen LogP contribution in [0.2, 0.25) is 0 Å². The van der Waals surface area contributed by atoms with E-state index in [-0.39, 0.29) is 6.10 Å². The van der Waals surface area contributed by atoms with E-state index in [0.29, 0.717) is 36.5 Å². The van der Waals surface area contributed by atoms with Gasteiger partial charge in [-0.05, 0) is 37.6 Å². The van der Waals surface area contributed by atoms with Crippen molar-refractivity contribution in [3.63, 3.8) is 0 Å². The molecule has 0 saturated carbocycles. The number of pyridine rings is 2. The van der Waals surface area contributed by atoms with Crippen LogP contribution in [0.15, 0.2) is 72.4 Å². The van der Waals surface area contributed by atoms with Crippen LogP contribution >= 0.6 is 0 Å². The lowest BCUT2D eigenvalue weighted by Crippen LogP contribution is -2.52. The molecule has 0 N–H and O–H groups in total. The monoisotopic (exact) mass is 517 g/mol. The van der Waals surface area contributed by atoms with E-state index in [1.165, 1.54) is 11.2 Å². The zero-order valence-electron chi connectivity index (χ0n) is 21.6. The summed E-state index contributed by atoms with van der Waals surface area (Å²) in [5.41, 5.74) is 3.83. The van der Waals surface area contributed by atoms with E-state index >= 15 is 0 Å². The standard InChI is InChI=1S/C28H31N5O5/c1-31(12-19-13-32(14-19)23-10-11-29-22-8-9-25(35-2)30-27(22)23)15-21-16-33(28(34)37-21)26-18-36-17-24(38-26)20-6-4-3-5-7-20/h3-4,6,8-11,17-19,21H,5,7,12-16H2,1-2H3/t21-/m0/s1. The van der Waals surface area contributed by atoms with E-state index in [2.05, 4.69) is 32.9 Å². The van der Waals surface area contributed by atoms with E-state index in [0.717, 1.165) is 54.8 Å². The maximum Gasteiger partial charge on any atom is 0.417 e. The van der Waals surface area contributed by atoms with Crippen molar-refractivity contribution in [1.82, 2.24) is 19.8 Å². The SMILES string of the molecule is COc1ccc2nccc(N3CC(CN(C)C[C@H]4CN(C5=COC=C(C6=CC=CCC6)O5)C(=O)O4)C3)c2n1. The van der Waals surface area contributed by atoms with E-state index in [1.807, 2.05) is 36.5 Å². The quantitative estimate of drug-likeness (QED) is 0.519. The van der Waals surface area contributed by atoms with Crippen LogP contribution in [-0.2, 0) is 14.2 Å². The molecular weight excluding hydrogens is 486 g/mol. The maximum absolute atomic E-state index is 12.6. The van der Waals surface area contributed by atoms with Crippen molar-refractivity contribution in [2.45, 2.75) is 18.9 Å². The summed E-state index contributed by atoms with van der Waals surface area (Å²) in [4.78, 5) is 27.7. The van der Waals surface area contributed by atoms with Crippen molar-refractivity contribution >= 4 is 22.8 Å². The predicted molar refractivity (Wildman–Crippen MR) is 141 cm³/mol. The highest BCUT2D eigenvalue weighted by molar-refractivity contribution is 5.88. The van der Waals surface area contributed by atoms with Crippen LogP contribution in [0.1, 0.15) is 12.8 Å². The molecule has 0 radical (unpaired) electrons. The first-order valence-corrected chi connectivity index (χ1v) is 12.9. The Kier molecular flexibility index (Phi) is 6.63. The minimum atomic E-state index is -0.417. The summed E-state index contributed by atoms with van der Waals surface area (Å²) in [7, 11) is 3.69. The molecular formula is C28H31N5O5. The first-order valence-electron chi connectivity index (χ1n) is 12.9. The Balaban J connectivity index is 1.00. The third-order valence-electron chi connectivity index (χ3n) is 7.16. The van der Waals surface area contributed by atoms with Crippen LogP contribution in [0.5, 0.6) is 5.88 Å². The van der Waals surface area contributed by atoms with Crippen molar-refractivity contribution in [3.05, 3.63) is 72.4 Å². The smallest absolute Gasteiger partial charge is 0.417 e. The second-order valence-corrected chi connectivity index (χ2v) is 10.00. The summed E-state index contributed by atoms with van der Waals surface area (Å²) in [6.45, 7) is 3.82. The summed E-state index contributed by atoms with van der Waals surface area (Å²) < 4.78 is 22.5. The molecule has 198 valence electrons. The van der Waals surface area contributed by atoms with Crippen molar-refractivity contribution in [2.75, 3.05) is 51.8 Å². The second kappa shape index (κ2) is 10.4. The summed E-state index contributed by atoms with van der Waals surface area (Å²) in [5.74, 6) is 2.08. The van der Waals surface area contributed by atoms with Gasteiger partial charge in [0.2, 0.25) is 11.8 Å². The van der Waals surface area contributed by atoms with Gasteiger partial charge in [0.15, 0.2) is 12.0 Å². The number of fused-ring (bicyclic) bond motifs is 1. The summed E-state index contributed by atoms with van der Waals surface area (Å²) in [5, 5.41) is 0. The molecule has 2 aromatic rings. The van der Waals surface area contributed by atoms with E-state index in [1.54, 1.807) is 13.4 Å². The number of likely N-dealkylation sites (N-methyl/N-ethyl adjacent to an activating group) is 1. The Morgan fingerprint density at radius 1 is 1.16 bits per heavy atom. The Hall–Kier alpha value is -4.05. The molecule has 38 heavy (non-hydrogen) atoms. The number of nitrogens with zero attached hydrogens (tertiary/aromatic N) is 5. The van der Waals surface area contributed by atoms with Gasteiger partial charge >= 0.3 is 6.09 Å². The number of ether oxygens (including phenoxy) is 4. The molecule has 1 aliphatic carbocycles. The minimum absolute atomic E-state index is 0.250. The lowest BCUT2D eigenvalue weighted by Gasteiger charge is -2.43. The number of hydrogen-bond donors (Lipinski definition) is 0. The topological polar surface area (TPSA) is 89.5 Å². The third kappa shape index (κ3) is 4.91. The Morgan fingerprint density at radius 2 is 2.05 bits per heavy atom. The molecule has 2 saturated heterocycles. The minimum Gasteiger partial charge on any atom is -0.481 e. The fourth-order valence-corrected chi connectivity index (χ4v) is 5.29. The maximum atomic E-state index is 12.6. The van der Waals surface area contributed by atoms with Gasteiger partial charge in [0.25, 0.3) is 0 Å². The first-order chi connectivity index (χ1) is 18.6. The van der Waals surface area contributed by atoms with Crippen LogP contribution in [0, 0.1) is 5.92 Å². The molecule has 10 heteroatoms. The van der Waals surface area contributed by atoms with Crippen molar-refractivity contribution in [1.29, 1.82) is 0 Å². The number of amides is 1. The Labute approximate surface area is 221 Å². The molecule has 0 spiro atoms. The molecule has 0 unspecified atom stereocenters. The average molecular weight is 518 g/mol. The summed E-state index contributed by atoms with van der Waals surface area (Å²) >= 11 is 0. The highest BCUT2D eigenvalue weighted by atomic mass is 16.6. The van der Waals surface area contributed by atoms with Gasteiger partial charge in [-0.2, -0.15) is 0 Å². The van der Waals surface area contributed by atoms with E-state index in [4.69, 9.17) is 18.9 Å². The van der Waals surface area contributed by atoms with Gasteiger partial charge in [0, 0.05) is 44.4 Å². The van der Waals surface area contributed by atoms with Crippen LogP contribution in [-0.4, -0.2) is 78.8 Å².